The van der Waals surface area contributed by atoms with Crippen LogP contribution in [0.3, 0.4) is 0 Å². The maximum atomic E-state index is 11.9. The van der Waals surface area contributed by atoms with E-state index < -0.39 is 117 Å². The van der Waals surface area contributed by atoms with E-state index in [1.54, 1.807) is 20.8 Å². The zero-order chi connectivity index (χ0) is 34.0. The van der Waals surface area contributed by atoms with Crippen molar-refractivity contribution < 1.29 is 82.8 Å². The van der Waals surface area contributed by atoms with Gasteiger partial charge in [-0.3, -0.25) is 0 Å². The number of methoxy groups -OCH3 is 1. The van der Waals surface area contributed by atoms with Gasteiger partial charge in [0.1, 0.15) is 42.7 Å². The summed E-state index contributed by atoms with van der Waals surface area (Å²) < 4.78 is 57.5. The van der Waals surface area contributed by atoms with E-state index in [1.807, 2.05) is 0 Å². The number of hydrogen-bond acceptors (Lipinski definition) is 17. The highest BCUT2D eigenvalue weighted by Gasteiger charge is 2.50. The molecule has 5 aliphatic heterocycles. The van der Waals surface area contributed by atoms with Crippen LogP contribution in [0.2, 0.25) is 0 Å². The fraction of sp³-hybridized carbons (Fsp3) is 0.967. The molecule has 0 aliphatic carbocycles. The Kier molecular flexibility index (Phi) is 13.0. The summed E-state index contributed by atoms with van der Waals surface area (Å²) in [6, 6.07) is 0. The largest absolute Gasteiger partial charge is 0.390 e. The Bertz CT molecular complexity index is 968. The van der Waals surface area contributed by atoms with E-state index in [0.29, 0.717) is 19.1 Å². The topological polar surface area (TPSA) is 231 Å². The van der Waals surface area contributed by atoms with E-state index >= 15 is 0 Å². The number of carbonyl (C=O) groups excluding carboxylic acids is 1. The molecule has 0 radical (unpaired) electrons. The lowest BCUT2D eigenvalue weighted by Crippen LogP contribution is -2.62. The standard InChI is InChI=1S/C30H50O17/c1-12-18(44-30-27(37)26(36)29(19(10-31)45-30)47-24-8-16(33)25(35)13(2)41-24)5-6-21(40-12)43-20-11-39-23(7-15(20)32)46-28-14(3)42-22(38-4)9-17(28)34/h10,12-30,32-37H,5-9,11H2,1-4H3/t12?,13-,14?,15+,16+,17+,18-,19-,20+,21+,22-,23+,24+,25+,26+,27?,28+,29+,30+/m0/s1. The molecule has 3 unspecified atom stereocenters. The van der Waals surface area contributed by atoms with Gasteiger partial charge in [0.05, 0.1) is 49.3 Å². The molecular weight excluding hydrogens is 632 g/mol. The summed E-state index contributed by atoms with van der Waals surface area (Å²) in [6.45, 7) is 5.08. The quantitative estimate of drug-likeness (QED) is 0.134. The Morgan fingerprint density at radius 2 is 1.26 bits per heavy atom. The van der Waals surface area contributed by atoms with Crippen molar-refractivity contribution in [3.8, 4) is 0 Å². The van der Waals surface area contributed by atoms with Crippen LogP contribution in [0, 0.1) is 0 Å². The van der Waals surface area contributed by atoms with E-state index in [2.05, 4.69) is 0 Å². The van der Waals surface area contributed by atoms with Crippen molar-refractivity contribution in [2.24, 2.45) is 0 Å². The number of aliphatic hydroxyl groups excluding tert-OH is 6. The highest BCUT2D eigenvalue weighted by molar-refractivity contribution is 5.57. The molecule has 19 atom stereocenters. The van der Waals surface area contributed by atoms with Gasteiger partial charge in [-0.05, 0) is 27.2 Å². The minimum absolute atomic E-state index is 0.0272. The molecule has 5 heterocycles. The lowest BCUT2D eigenvalue weighted by molar-refractivity contribution is -0.348. The number of rotatable bonds is 10. The molecule has 0 bridgehead atoms. The predicted molar refractivity (Wildman–Crippen MR) is 153 cm³/mol. The maximum Gasteiger partial charge on any atom is 0.187 e. The average Bonchev–Trinajstić information content (AvgIpc) is 3.03. The van der Waals surface area contributed by atoms with Gasteiger partial charge in [-0.2, -0.15) is 0 Å². The summed E-state index contributed by atoms with van der Waals surface area (Å²) in [6.07, 6.45) is -16.5. The molecule has 5 aliphatic rings. The first-order chi connectivity index (χ1) is 22.4. The fourth-order valence-electron chi connectivity index (χ4n) is 6.61. The minimum Gasteiger partial charge on any atom is -0.390 e. The van der Waals surface area contributed by atoms with E-state index in [9.17, 15) is 35.4 Å². The highest BCUT2D eigenvalue weighted by atomic mass is 16.8. The first kappa shape index (κ1) is 37.3. The van der Waals surface area contributed by atoms with Crippen molar-refractivity contribution in [1.82, 2.24) is 0 Å². The third-order valence-electron chi connectivity index (χ3n) is 9.43. The summed E-state index contributed by atoms with van der Waals surface area (Å²) in [5.74, 6) is 0. The summed E-state index contributed by atoms with van der Waals surface area (Å²) in [5.41, 5.74) is 0. The van der Waals surface area contributed by atoms with E-state index in [-0.39, 0.29) is 25.9 Å². The second-order valence-electron chi connectivity index (χ2n) is 12.9. The van der Waals surface area contributed by atoms with Crippen molar-refractivity contribution in [1.29, 1.82) is 0 Å². The molecule has 0 amide bonds. The van der Waals surface area contributed by atoms with Crippen LogP contribution in [-0.2, 0) is 52.2 Å². The molecule has 0 saturated carbocycles. The first-order valence-corrected chi connectivity index (χ1v) is 16.3. The van der Waals surface area contributed by atoms with Crippen LogP contribution >= 0.6 is 0 Å². The van der Waals surface area contributed by atoms with Gasteiger partial charge >= 0.3 is 0 Å². The van der Waals surface area contributed by atoms with E-state index in [1.165, 1.54) is 7.11 Å². The third kappa shape index (κ3) is 8.86. The lowest BCUT2D eigenvalue weighted by Gasteiger charge is -2.45. The van der Waals surface area contributed by atoms with Gasteiger partial charge in [0.15, 0.2) is 37.7 Å². The Hall–Kier alpha value is -0.970. The Morgan fingerprint density at radius 3 is 1.89 bits per heavy atom. The van der Waals surface area contributed by atoms with Crippen LogP contribution in [-0.4, -0.2) is 168 Å². The average molecular weight is 683 g/mol. The smallest absolute Gasteiger partial charge is 0.187 e. The molecule has 5 fully saturated rings. The van der Waals surface area contributed by atoms with Gasteiger partial charge in [0.2, 0.25) is 0 Å². The monoisotopic (exact) mass is 682 g/mol. The first-order valence-electron chi connectivity index (χ1n) is 16.3. The predicted octanol–water partition coefficient (Wildman–Crippen LogP) is -2.20. The molecule has 0 aromatic rings. The van der Waals surface area contributed by atoms with Gasteiger partial charge in [-0.15, -0.1) is 0 Å². The summed E-state index contributed by atoms with van der Waals surface area (Å²) >= 11 is 0. The van der Waals surface area contributed by atoms with E-state index in [0.717, 1.165) is 0 Å². The lowest BCUT2D eigenvalue weighted by atomic mass is 9.98. The molecule has 0 spiro atoms. The molecule has 6 N–H and O–H groups in total. The van der Waals surface area contributed by atoms with Crippen LogP contribution in [0.1, 0.15) is 52.9 Å². The molecule has 5 rings (SSSR count). The zero-order valence-corrected chi connectivity index (χ0v) is 27.0. The fourth-order valence-corrected chi connectivity index (χ4v) is 6.61. The number of ether oxygens (including phenoxy) is 10. The van der Waals surface area contributed by atoms with Crippen molar-refractivity contribution in [3.05, 3.63) is 0 Å². The Labute approximate surface area is 272 Å². The number of carbonyl (C=O) groups is 1. The van der Waals surface area contributed by atoms with Gasteiger partial charge in [0, 0.05) is 32.8 Å². The van der Waals surface area contributed by atoms with Crippen LogP contribution in [0.15, 0.2) is 0 Å². The zero-order valence-electron chi connectivity index (χ0n) is 27.0. The molecule has 5 saturated heterocycles. The van der Waals surface area contributed by atoms with Gasteiger partial charge in [0.25, 0.3) is 0 Å². The minimum atomic E-state index is -1.59. The second-order valence-corrected chi connectivity index (χ2v) is 12.9. The van der Waals surface area contributed by atoms with Crippen LogP contribution in [0.25, 0.3) is 0 Å². The normalized spacial score (nSPS) is 51.4. The van der Waals surface area contributed by atoms with Crippen molar-refractivity contribution >= 4 is 6.29 Å². The Morgan fingerprint density at radius 1 is 0.596 bits per heavy atom. The van der Waals surface area contributed by atoms with Crippen LogP contribution < -0.4 is 0 Å². The maximum absolute atomic E-state index is 11.9. The second kappa shape index (κ2) is 16.4. The van der Waals surface area contributed by atoms with Crippen molar-refractivity contribution in [2.75, 3.05) is 13.7 Å². The molecule has 47 heavy (non-hydrogen) atoms. The number of aliphatic hydroxyl groups is 6. The molecule has 17 heteroatoms. The molecule has 0 aromatic carbocycles. The summed E-state index contributed by atoms with van der Waals surface area (Å²) in [5, 5.41) is 62.9. The highest BCUT2D eigenvalue weighted by Crippen LogP contribution is 2.33. The summed E-state index contributed by atoms with van der Waals surface area (Å²) in [4.78, 5) is 11.9. The van der Waals surface area contributed by atoms with E-state index in [4.69, 9.17) is 47.4 Å². The van der Waals surface area contributed by atoms with Crippen LogP contribution in [0.4, 0.5) is 0 Å². The summed E-state index contributed by atoms with van der Waals surface area (Å²) in [7, 11) is 1.50. The van der Waals surface area contributed by atoms with Crippen molar-refractivity contribution in [3.63, 3.8) is 0 Å². The van der Waals surface area contributed by atoms with Gasteiger partial charge in [-0.1, -0.05) is 0 Å². The van der Waals surface area contributed by atoms with Gasteiger partial charge in [-0.25, -0.2) is 0 Å². The van der Waals surface area contributed by atoms with Crippen LogP contribution in [0.5, 0.6) is 0 Å². The molecule has 17 nitrogen and oxygen atoms in total. The molecular formula is C30H50O17. The van der Waals surface area contributed by atoms with Gasteiger partial charge < -0.3 is 82.8 Å². The number of hydrogen-bond donors (Lipinski definition) is 6. The third-order valence-corrected chi connectivity index (χ3v) is 9.43. The molecule has 272 valence electrons. The molecule has 0 aromatic heterocycles. The Balaban J connectivity index is 1.07. The SMILES string of the molecule is CO[C@@H]1C[C@@H](O)[C@H](O[C@@H]2C[C@@H](O)[C@H](O[C@@H]3CC[C@H](O[C@@H]4O[C@@H](C=O)[C@@H](O[C@@H]5C[C@@H](O)[C@H](O)[C@H](C)O5)[C@H](O)C4O)C(C)O3)CO2)C(C)O1. The number of aldehydes is 1. The van der Waals surface area contributed by atoms with Crippen molar-refractivity contribution in [2.45, 2.75) is 170 Å².